The third kappa shape index (κ3) is 2.52. The van der Waals surface area contributed by atoms with Crippen molar-refractivity contribution in [3.63, 3.8) is 0 Å². The van der Waals surface area contributed by atoms with Gasteiger partial charge in [0, 0.05) is 13.2 Å². The second-order valence-electron chi connectivity index (χ2n) is 3.78. The van der Waals surface area contributed by atoms with E-state index < -0.39 is 5.97 Å². The van der Waals surface area contributed by atoms with Crippen molar-refractivity contribution in [3.8, 4) is 5.88 Å². The number of aromatic nitrogens is 2. The summed E-state index contributed by atoms with van der Waals surface area (Å²) < 4.78 is 10.7. The standard InChI is InChI=1S/C10H14N2O4/c13-10(14)8-5-11-12-9(8)16-6-7-1-3-15-4-2-7/h5,7H,1-4,6H2,(H,11,12)(H,13,14). The fraction of sp³-hybridized carbons (Fsp3) is 0.600. The van der Waals surface area contributed by atoms with Gasteiger partial charge in [0.25, 0.3) is 0 Å². The molecule has 1 aliphatic rings. The number of hydrogen-bond acceptors (Lipinski definition) is 4. The molecule has 2 N–H and O–H groups in total. The number of nitrogens with one attached hydrogen (secondary N) is 1. The van der Waals surface area contributed by atoms with Gasteiger partial charge in [-0.3, -0.25) is 0 Å². The molecule has 6 nitrogen and oxygen atoms in total. The number of carboxylic acids is 1. The Kier molecular flexibility index (Phi) is 3.40. The molecule has 1 aromatic heterocycles. The Balaban J connectivity index is 1.88. The molecule has 0 aliphatic carbocycles. The number of aromatic carboxylic acids is 1. The number of ether oxygens (including phenoxy) is 2. The van der Waals surface area contributed by atoms with Crippen molar-refractivity contribution in [1.82, 2.24) is 10.2 Å². The zero-order valence-electron chi connectivity index (χ0n) is 8.81. The van der Waals surface area contributed by atoms with Crippen LogP contribution in [0.15, 0.2) is 6.20 Å². The maximum absolute atomic E-state index is 10.8. The highest BCUT2D eigenvalue weighted by molar-refractivity contribution is 5.89. The lowest BCUT2D eigenvalue weighted by Crippen LogP contribution is -2.21. The molecular weight excluding hydrogens is 212 g/mol. The number of hydrogen-bond donors (Lipinski definition) is 2. The summed E-state index contributed by atoms with van der Waals surface area (Å²) in [5.41, 5.74) is 0.0760. The molecule has 1 saturated heterocycles. The fourth-order valence-electron chi connectivity index (χ4n) is 1.65. The number of rotatable bonds is 4. The summed E-state index contributed by atoms with van der Waals surface area (Å²) in [6.45, 7) is 2.01. The van der Waals surface area contributed by atoms with Crippen molar-refractivity contribution in [2.75, 3.05) is 19.8 Å². The molecule has 0 atom stereocenters. The molecule has 88 valence electrons. The van der Waals surface area contributed by atoms with Crippen LogP contribution < -0.4 is 4.74 Å². The van der Waals surface area contributed by atoms with Gasteiger partial charge in [0.2, 0.25) is 5.88 Å². The molecule has 1 fully saturated rings. The Bertz CT molecular complexity index is 357. The Morgan fingerprint density at radius 2 is 2.38 bits per heavy atom. The summed E-state index contributed by atoms with van der Waals surface area (Å²) in [5, 5.41) is 15.0. The molecule has 1 aromatic rings. The van der Waals surface area contributed by atoms with Crippen molar-refractivity contribution in [2.45, 2.75) is 12.8 Å². The zero-order valence-corrected chi connectivity index (χ0v) is 8.81. The van der Waals surface area contributed by atoms with Gasteiger partial charge >= 0.3 is 5.97 Å². The number of nitrogens with zero attached hydrogens (tertiary/aromatic N) is 1. The lowest BCUT2D eigenvalue weighted by molar-refractivity contribution is 0.0483. The van der Waals surface area contributed by atoms with Crippen LogP contribution in [0.3, 0.4) is 0 Å². The molecule has 0 unspecified atom stereocenters. The molecule has 16 heavy (non-hydrogen) atoms. The summed E-state index contributed by atoms with van der Waals surface area (Å²) in [7, 11) is 0. The van der Waals surface area contributed by atoms with Crippen molar-refractivity contribution >= 4 is 5.97 Å². The minimum atomic E-state index is -1.03. The first-order chi connectivity index (χ1) is 7.77. The fourth-order valence-corrected chi connectivity index (χ4v) is 1.65. The Labute approximate surface area is 92.6 Å². The SMILES string of the molecule is O=C(O)c1cn[nH]c1OCC1CCOCC1. The number of carboxylic acid groups (broad SMARTS) is 1. The highest BCUT2D eigenvalue weighted by Crippen LogP contribution is 2.18. The van der Waals surface area contributed by atoms with E-state index in [4.69, 9.17) is 14.6 Å². The lowest BCUT2D eigenvalue weighted by atomic mass is 10.0. The molecule has 0 bridgehead atoms. The maximum Gasteiger partial charge on any atom is 0.342 e. The second-order valence-corrected chi connectivity index (χ2v) is 3.78. The summed E-state index contributed by atoms with van der Waals surface area (Å²) in [6.07, 6.45) is 3.16. The third-order valence-corrected chi connectivity index (χ3v) is 2.64. The second kappa shape index (κ2) is 4.98. The molecular formula is C10H14N2O4. The van der Waals surface area contributed by atoms with Gasteiger partial charge in [0.05, 0.1) is 12.8 Å². The molecule has 6 heteroatoms. The zero-order chi connectivity index (χ0) is 11.4. The van der Waals surface area contributed by atoms with Gasteiger partial charge in [-0.2, -0.15) is 5.10 Å². The van der Waals surface area contributed by atoms with Gasteiger partial charge in [-0.05, 0) is 18.8 Å². The predicted molar refractivity (Wildman–Crippen MR) is 54.6 cm³/mol. The van der Waals surface area contributed by atoms with Crippen LogP contribution in [0.25, 0.3) is 0 Å². The Morgan fingerprint density at radius 3 is 3.06 bits per heavy atom. The van der Waals surface area contributed by atoms with E-state index in [9.17, 15) is 4.79 Å². The Morgan fingerprint density at radius 1 is 1.62 bits per heavy atom. The van der Waals surface area contributed by atoms with Crippen molar-refractivity contribution in [1.29, 1.82) is 0 Å². The molecule has 0 amide bonds. The first kappa shape index (κ1) is 10.9. The quantitative estimate of drug-likeness (QED) is 0.797. The minimum absolute atomic E-state index is 0.0760. The van der Waals surface area contributed by atoms with Gasteiger partial charge in [-0.1, -0.05) is 0 Å². The third-order valence-electron chi connectivity index (χ3n) is 2.64. The van der Waals surface area contributed by atoms with Gasteiger partial charge in [0.1, 0.15) is 5.56 Å². The lowest BCUT2D eigenvalue weighted by Gasteiger charge is -2.21. The smallest absolute Gasteiger partial charge is 0.342 e. The van der Waals surface area contributed by atoms with Crippen LogP contribution in [0.1, 0.15) is 23.2 Å². The van der Waals surface area contributed by atoms with E-state index in [-0.39, 0.29) is 11.4 Å². The van der Waals surface area contributed by atoms with Gasteiger partial charge in [-0.25, -0.2) is 9.89 Å². The Hall–Kier alpha value is -1.56. The van der Waals surface area contributed by atoms with Crippen LogP contribution >= 0.6 is 0 Å². The molecule has 0 aromatic carbocycles. The van der Waals surface area contributed by atoms with E-state index >= 15 is 0 Å². The molecule has 2 heterocycles. The molecule has 0 saturated carbocycles. The average molecular weight is 226 g/mol. The van der Waals surface area contributed by atoms with Gasteiger partial charge in [-0.15, -0.1) is 0 Å². The van der Waals surface area contributed by atoms with Crippen LogP contribution in [0, 0.1) is 5.92 Å². The van der Waals surface area contributed by atoms with E-state index in [1.165, 1.54) is 6.20 Å². The summed E-state index contributed by atoms with van der Waals surface area (Å²) in [4.78, 5) is 10.8. The highest BCUT2D eigenvalue weighted by atomic mass is 16.5. The molecule has 2 rings (SSSR count). The van der Waals surface area contributed by atoms with Crippen LogP contribution in [-0.4, -0.2) is 41.1 Å². The monoisotopic (exact) mass is 226 g/mol. The number of aromatic amines is 1. The number of H-pyrrole nitrogens is 1. The van der Waals surface area contributed by atoms with Crippen molar-refractivity contribution in [3.05, 3.63) is 11.8 Å². The largest absolute Gasteiger partial charge is 0.477 e. The predicted octanol–water partition coefficient (Wildman–Crippen LogP) is 0.913. The van der Waals surface area contributed by atoms with Crippen LogP contribution in [0.5, 0.6) is 5.88 Å². The minimum Gasteiger partial charge on any atom is -0.477 e. The van der Waals surface area contributed by atoms with Crippen LogP contribution in [0.4, 0.5) is 0 Å². The number of carbonyl (C=O) groups is 1. The average Bonchev–Trinajstić information content (AvgIpc) is 2.76. The first-order valence-corrected chi connectivity index (χ1v) is 5.24. The van der Waals surface area contributed by atoms with Gasteiger partial charge < -0.3 is 14.6 Å². The first-order valence-electron chi connectivity index (χ1n) is 5.24. The molecule has 0 spiro atoms. The summed E-state index contributed by atoms with van der Waals surface area (Å²) in [5.74, 6) is -0.367. The topological polar surface area (TPSA) is 84.4 Å². The van der Waals surface area contributed by atoms with Crippen LogP contribution in [0.2, 0.25) is 0 Å². The van der Waals surface area contributed by atoms with E-state index in [0.29, 0.717) is 12.5 Å². The molecule has 1 aliphatic heterocycles. The van der Waals surface area contributed by atoms with Crippen molar-refractivity contribution < 1.29 is 19.4 Å². The summed E-state index contributed by atoms with van der Waals surface area (Å²) in [6, 6.07) is 0. The van der Waals surface area contributed by atoms with E-state index in [0.717, 1.165) is 26.1 Å². The van der Waals surface area contributed by atoms with Crippen LogP contribution in [-0.2, 0) is 4.74 Å². The molecule has 0 radical (unpaired) electrons. The highest BCUT2D eigenvalue weighted by Gasteiger charge is 2.18. The normalized spacial score (nSPS) is 17.2. The maximum atomic E-state index is 10.8. The summed E-state index contributed by atoms with van der Waals surface area (Å²) >= 11 is 0. The van der Waals surface area contributed by atoms with Gasteiger partial charge in [0.15, 0.2) is 0 Å². The van der Waals surface area contributed by atoms with E-state index in [2.05, 4.69) is 10.2 Å². The van der Waals surface area contributed by atoms with E-state index in [1.807, 2.05) is 0 Å². The van der Waals surface area contributed by atoms with E-state index in [1.54, 1.807) is 0 Å². The van der Waals surface area contributed by atoms with Crippen molar-refractivity contribution in [2.24, 2.45) is 5.92 Å².